The summed E-state index contributed by atoms with van der Waals surface area (Å²) in [6, 6.07) is 0. The highest BCUT2D eigenvalue weighted by Crippen LogP contribution is 2.40. The maximum atomic E-state index is 9.19. The molecule has 0 saturated carbocycles. The number of aliphatic hydroxyl groups is 1. The number of aromatic amines is 1. The van der Waals surface area contributed by atoms with Gasteiger partial charge in [-0.1, -0.05) is 13.8 Å². The molecule has 1 aromatic rings. The number of aromatic nitrogens is 2. The number of fused-ring (bicyclic) bond motifs is 1. The van der Waals surface area contributed by atoms with Crippen molar-refractivity contribution in [3.05, 3.63) is 17.5 Å². The van der Waals surface area contributed by atoms with E-state index in [1.165, 1.54) is 24.1 Å². The largest absolute Gasteiger partial charge is 0.396 e. The third-order valence-corrected chi connectivity index (χ3v) is 3.48. The Morgan fingerprint density at radius 1 is 1.64 bits per heavy atom. The van der Waals surface area contributed by atoms with E-state index in [1.54, 1.807) is 0 Å². The van der Waals surface area contributed by atoms with Crippen molar-refractivity contribution in [3.8, 4) is 0 Å². The van der Waals surface area contributed by atoms with Crippen molar-refractivity contribution in [1.29, 1.82) is 0 Å². The van der Waals surface area contributed by atoms with Crippen molar-refractivity contribution < 1.29 is 5.11 Å². The topological polar surface area (TPSA) is 48.9 Å². The van der Waals surface area contributed by atoms with E-state index in [1.807, 2.05) is 6.20 Å². The fourth-order valence-corrected chi connectivity index (χ4v) is 2.44. The van der Waals surface area contributed by atoms with Crippen molar-refractivity contribution in [2.24, 2.45) is 5.92 Å². The van der Waals surface area contributed by atoms with Crippen molar-refractivity contribution in [2.75, 3.05) is 6.61 Å². The summed E-state index contributed by atoms with van der Waals surface area (Å²) in [5.74, 6) is 1.43. The molecule has 0 radical (unpaired) electrons. The van der Waals surface area contributed by atoms with Gasteiger partial charge in [0.15, 0.2) is 0 Å². The number of aliphatic hydroxyl groups excluding tert-OH is 1. The molecule has 1 aromatic heterocycles. The quantitative estimate of drug-likeness (QED) is 0.756. The summed E-state index contributed by atoms with van der Waals surface area (Å²) in [5, 5.41) is 16.4. The third kappa shape index (κ3) is 1.46. The second-order valence-corrected chi connectivity index (χ2v) is 4.48. The Bertz CT molecular complexity index is 308. The highest BCUT2D eigenvalue weighted by atomic mass is 16.3. The molecule has 78 valence electrons. The van der Waals surface area contributed by atoms with Crippen LogP contribution in [0.2, 0.25) is 0 Å². The Balaban J connectivity index is 2.29. The van der Waals surface area contributed by atoms with Gasteiger partial charge in [0.2, 0.25) is 0 Å². The zero-order valence-electron chi connectivity index (χ0n) is 8.83. The minimum absolute atomic E-state index is 0.268. The van der Waals surface area contributed by atoms with Gasteiger partial charge in [0.05, 0.1) is 6.20 Å². The minimum Gasteiger partial charge on any atom is -0.396 e. The first-order chi connectivity index (χ1) is 6.74. The van der Waals surface area contributed by atoms with Crippen molar-refractivity contribution in [1.82, 2.24) is 10.2 Å². The van der Waals surface area contributed by atoms with Gasteiger partial charge in [-0.3, -0.25) is 5.10 Å². The van der Waals surface area contributed by atoms with Crippen molar-refractivity contribution in [2.45, 2.75) is 38.5 Å². The van der Waals surface area contributed by atoms with Gasteiger partial charge in [-0.25, -0.2) is 0 Å². The van der Waals surface area contributed by atoms with Crippen LogP contribution in [0.5, 0.6) is 0 Å². The SMILES string of the molecule is CC1CC[C@@H](C(C)CO)c2cn[nH]c21. The first-order valence-electron chi connectivity index (χ1n) is 5.38. The molecule has 3 atom stereocenters. The average Bonchev–Trinajstić information content (AvgIpc) is 2.67. The average molecular weight is 194 g/mol. The number of H-pyrrole nitrogens is 1. The molecular formula is C11H18N2O. The summed E-state index contributed by atoms with van der Waals surface area (Å²) in [5.41, 5.74) is 2.60. The second kappa shape index (κ2) is 3.73. The molecule has 1 aliphatic rings. The van der Waals surface area contributed by atoms with Gasteiger partial charge in [0.1, 0.15) is 0 Å². The normalized spacial score (nSPS) is 28.5. The van der Waals surface area contributed by atoms with Gasteiger partial charge in [-0.05, 0) is 36.2 Å². The molecule has 0 amide bonds. The van der Waals surface area contributed by atoms with E-state index in [0.717, 1.165) is 0 Å². The number of nitrogens with zero attached hydrogens (tertiary/aromatic N) is 1. The Morgan fingerprint density at radius 3 is 3.14 bits per heavy atom. The molecule has 0 aromatic carbocycles. The highest BCUT2D eigenvalue weighted by Gasteiger charge is 2.29. The molecule has 1 aliphatic carbocycles. The Kier molecular flexibility index (Phi) is 2.59. The molecule has 2 rings (SSSR count). The Labute approximate surface area is 84.5 Å². The van der Waals surface area contributed by atoms with Gasteiger partial charge in [0.25, 0.3) is 0 Å². The monoisotopic (exact) mass is 194 g/mol. The summed E-state index contributed by atoms with van der Waals surface area (Å²) >= 11 is 0. The number of rotatable bonds is 2. The summed E-state index contributed by atoms with van der Waals surface area (Å²) < 4.78 is 0. The van der Waals surface area contributed by atoms with Gasteiger partial charge in [-0.15, -0.1) is 0 Å². The molecule has 0 fully saturated rings. The van der Waals surface area contributed by atoms with Crippen molar-refractivity contribution >= 4 is 0 Å². The number of hydrogen-bond acceptors (Lipinski definition) is 2. The van der Waals surface area contributed by atoms with Crippen LogP contribution in [0.3, 0.4) is 0 Å². The zero-order valence-corrected chi connectivity index (χ0v) is 8.83. The van der Waals surface area contributed by atoms with E-state index in [2.05, 4.69) is 24.0 Å². The fraction of sp³-hybridized carbons (Fsp3) is 0.727. The van der Waals surface area contributed by atoms with Crippen molar-refractivity contribution in [3.63, 3.8) is 0 Å². The lowest BCUT2D eigenvalue weighted by molar-refractivity contribution is 0.206. The summed E-state index contributed by atoms with van der Waals surface area (Å²) in [4.78, 5) is 0. The Morgan fingerprint density at radius 2 is 2.43 bits per heavy atom. The molecule has 1 heterocycles. The molecule has 3 heteroatoms. The van der Waals surface area contributed by atoms with Crippen LogP contribution >= 0.6 is 0 Å². The second-order valence-electron chi connectivity index (χ2n) is 4.48. The molecule has 0 spiro atoms. The molecule has 2 unspecified atom stereocenters. The molecule has 2 N–H and O–H groups in total. The molecule has 3 nitrogen and oxygen atoms in total. The smallest absolute Gasteiger partial charge is 0.0525 e. The molecular weight excluding hydrogens is 176 g/mol. The Hall–Kier alpha value is -0.830. The molecule has 0 bridgehead atoms. The molecule has 0 saturated heterocycles. The third-order valence-electron chi connectivity index (χ3n) is 3.48. The van der Waals surface area contributed by atoms with E-state index in [-0.39, 0.29) is 6.61 Å². The maximum absolute atomic E-state index is 9.19. The number of nitrogens with one attached hydrogen (secondary N) is 1. The van der Waals surface area contributed by atoms with E-state index in [0.29, 0.717) is 17.8 Å². The summed E-state index contributed by atoms with van der Waals surface area (Å²) in [6.45, 7) is 4.61. The van der Waals surface area contributed by atoms with Crippen LogP contribution in [0.15, 0.2) is 6.20 Å². The lowest BCUT2D eigenvalue weighted by Gasteiger charge is -2.29. The predicted octanol–water partition coefficient (Wildman–Crippen LogP) is 2.02. The zero-order chi connectivity index (χ0) is 10.1. The summed E-state index contributed by atoms with van der Waals surface area (Å²) in [6.07, 6.45) is 4.31. The molecule has 0 aliphatic heterocycles. The standard InChI is InChI=1S/C11H18N2O/c1-7-3-4-9(8(2)6-14)10-5-12-13-11(7)10/h5,7-9,14H,3-4,6H2,1-2H3,(H,12,13)/t7?,8?,9-/m0/s1. The van der Waals surface area contributed by atoms with Gasteiger partial charge in [-0.2, -0.15) is 5.10 Å². The van der Waals surface area contributed by atoms with Gasteiger partial charge < -0.3 is 5.11 Å². The van der Waals surface area contributed by atoms with E-state index >= 15 is 0 Å². The predicted molar refractivity (Wildman–Crippen MR) is 55.2 cm³/mol. The molecule has 14 heavy (non-hydrogen) atoms. The highest BCUT2D eigenvalue weighted by molar-refractivity contribution is 5.27. The van der Waals surface area contributed by atoms with Crippen LogP contribution in [0.4, 0.5) is 0 Å². The van der Waals surface area contributed by atoms with Crippen LogP contribution in [0.1, 0.15) is 49.8 Å². The van der Waals surface area contributed by atoms with E-state index in [4.69, 9.17) is 0 Å². The first kappa shape index (κ1) is 9.71. The fourth-order valence-electron chi connectivity index (χ4n) is 2.44. The number of hydrogen-bond donors (Lipinski definition) is 2. The van der Waals surface area contributed by atoms with E-state index in [9.17, 15) is 5.11 Å². The maximum Gasteiger partial charge on any atom is 0.0525 e. The lowest BCUT2D eigenvalue weighted by atomic mass is 9.76. The summed E-state index contributed by atoms with van der Waals surface area (Å²) in [7, 11) is 0. The first-order valence-corrected chi connectivity index (χ1v) is 5.38. The van der Waals surface area contributed by atoms with Crippen LogP contribution in [0, 0.1) is 5.92 Å². The van der Waals surface area contributed by atoms with Crippen LogP contribution in [-0.4, -0.2) is 21.9 Å². The van der Waals surface area contributed by atoms with Crippen LogP contribution in [-0.2, 0) is 0 Å². The van der Waals surface area contributed by atoms with Crippen LogP contribution < -0.4 is 0 Å². The van der Waals surface area contributed by atoms with E-state index < -0.39 is 0 Å². The minimum atomic E-state index is 0.268. The van der Waals surface area contributed by atoms with Gasteiger partial charge in [0, 0.05) is 12.3 Å². The van der Waals surface area contributed by atoms with Gasteiger partial charge >= 0.3 is 0 Å². The lowest BCUT2D eigenvalue weighted by Crippen LogP contribution is -2.19. The van der Waals surface area contributed by atoms with Crippen LogP contribution in [0.25, 0.3) is 0 Å².